The summed E-state index contributed by atoms with van der Waals surface area (Å²) in [5.41, 5.74) is 4.29. The van der Waals surface area contributed by atoms with Gasteiger partial charge in [-0.15, -0.1) is 0 Å². The summed E-state index contributed by atoms with van der Waals surface area (Å²) in [6, 6.07) is 23.1. The maximum Gasteiger partial charge on any atom is 0.117 e. The summed E-state index contributed by atoms with van der Waals surface area (Å²) < 4.78 is 13.5. The lowest BCUT2D eigenvalue weighted by molar-refractivity contribution is 0.636. The molecule has 0 bridgehead atoms. The van der Waals surface area contributed by atoms with Crippen molar-refractivity contribution < 1.29 is 4.39 Å². The van der Waals surface area contributed by atoms with Crippen molar-refractivity contribution in [3.63, 3.8) is 0 Å². The third-order valence-corrected chi connectivity index (χ3v) is 3.33. The summed E-state index contributed by atoms with van der Waals surface area (Å²) in [5, 5.41) is 0. The second-order valence-corrected chi connectivity index (χ2v) is 4.68. The van der Waals surface area contributed by atoms with Gasteiger partial charge in [-0.25, -0.2) is 4.39 Å². The maximum atomic E-state index is 13.5. The normalized spacial score (nSPS) is 10.4. The second-order valence-electron chi connectivity index (χ2n) is 4.68. The van der Waals surface area contributed by atoms with Gasteiger partial charge in [-0.1, -0.05) is 72.2 Å². The van der Waals surface area contributed by atoms with E-state index in [2.05, 4.69) is 12.1 Å². The number of benzene rings is 3. The fraction of sp³-hybridized carbons (Fsp3) is 0. The second kappa shape index (κ2) is 5.34. The van der Waals surface area contributed by atoms with Gasteiger partial charge in [0.25, 0.3) is 0 Å². The van der Waals surface area contributed by atoms with Crippen LogP contribution < -0.4 is 5.46 Å². The number of hydrogen-bond donors (Lipinski definition) is 0. The molecule has 2 radical (unpaired) electrons. The Hall–Kier alpha value is -2.35. The van der Waals surface area contributed by atoms with E-state index in [-0.39, 0.29) is 11.3 Å². The quantitative estimate of drug-likeness (QED) is 0.610. The lowest BCUT2D eigenvalue weighted by Crippen LogP contribution is -2.07. The average molecular weight is 258 g/mol. The van der Waals surface area contributed by atoms with Gasteiger partial charge in [-0.05, 0) is 28.3 Å². The molecule has 94 valence electrons. The van der Waals surface area contributed by atoms with Crippen LogP contribution in [0.5, 0.6) is 0 Å². The standard InChI is InChI=1S/C18H12BF/c19-17-11-10-16(12-18(17)20)15-8-6-14(7-9-15)13-4-2-1-3-5-13/h1-12H. The van der Waals surface area contributed by atoms with Crippen molar-refractivity contribution in [2.24, 2.45) is 0 Å². The van der Waals surface area contributed by atoms with Gasteiger partial charge in [-0.2, -0.15) is 0 Å². The van der Waals surface area contributed by atoms with Crippen LogP contribution in [0.25, 0.3) is 22.3 Å². The minimum Gasteiger partial charge on any atom is -0.208 e. The van der Waals surface area contributed by atoms with Crippen molar-refractivity contribution >= 4 is 13.3 Å². The molecule has 0 atom stereocenters. The van der Waals surface area contributed by atoms with Crippen molar-refractivity contribution in [1.82, 2.24) is 0 Å². The molecule has 0 aliphatic heterocycles. The Labute approximate surface area is 119 Å². The summed E-state index contributed by atoms with van der Waals surface area (Å²) in [7, 11) is 5.49. The first-order valence-electron chi connectivity index (χ1n) is 6.45. The van der Waals surface area contributed by atoms with E-state index in [1.54, 1.807) is 6.07 Å². The Morgan fingerprint density at radius 1 is 0.600 bits per heavy atom. The van der Waals surface area contributed by atoms with Gasteiger partial charge in [0, 0.05) is 0 Å². The minimum absolute atomic E-state index is 0.176. The number of halogens is 1. The smallest absolute Gasteiger partial charge is 0.117 e. The predicted octanol–water partition coefficient (Wildman–Crippen LogP) is 3.95. The Kier molecular flexibility index (Phi) is 3.38. The first kappa shape index (κ1) is 12.7. The SMILES string of the molecule is [B]c1ccc(-c2ccc(-c3ccccc3)cc2)cc1F. The van der Waals surface area contributed by atoms with Crippen LogP contribution in [0.4, 0.5) is 4.39 Å². The van der Waals surface area contributed by atoms with Crippen molar-refractivity contribution in [3.05, 3.63) is 78.6 Å². The summed E-state index contributed by atoms with van der Waals surface area (Å²) in [6.45, 7) is 0. The molecule has 3 aromatic rings. The van der Waals surface area contributed by atoms with Gasteiger partial charge in [0.2, 0.25) is 0 Å². The van der Waals surface area contributed by atoms with E-state index in [4.69, 9.17) is 7.85 Å². The Morgan fingerprint density at radius 2 is 1.10 bits per heavy atom. The van der Waals surface area contributed by atoms with Gasteiger partial charge in [0.05, 0.1) is 0 Å². The van der Waals surface area contributed by atoms with Gasteiger partial charge < -0.3 is 0 Å². The zero-order valence-electron chi connectivity index (χ0n) is 10.9. The van der Waals surface area contributed by atoms with E-state index in [1.165, 1.54) is 11.6 Å². The Balaban J connectivity index is 1.95. The van der Waals surface area contributed by atoms with Crippen LogP contribution in [0, 0.1) is 5.82 Å². The van der Waals surface area contributed by atoms with E-state index in [9.17, 15) is 4.39 Å². The molecule has 0 fully saturated rings. The fourth-order valence-corrected chi connectivity index (χ4v) is 2.19. The monoisotopic (exact) mass is 258 g/mol. The molecule has 0 amide bonds. The zero-order valence-corrected chi connectivity index (χ0v) is 10.9. The molecule has 0 unspecified atom stereocenters. The van der Waals surface area contributed by atoms with Crippen molar-refractivity contribution in [2.45, 2.75) is 0 Å². The zero-order chi connectivity index (χ0) is 13.9. The molecular formula is C18H12BF. The molecule has 0 saturated heterocycles. The van der Waals surface area contributed by atoms with Crippen LogP contribution in [0.1, 0.15) is 0 Å². The highest BCUT2D eigenvalue weighted by molar-refractivity contribution is 6.32. The van der Waals surface area contributed by atoms with E-state index in [1.807, 2.05) is 48.5 Å². The van der Waals surface area contributed by atoms with Crippen LogP contribution in [0.15, 0.2) is 72.8 Å². The largest absolute Gasteiger partial charge is 0.208 e. The van der Waals surface area contributed by atoms with Gasteiger partial charge in [0.1, 0.15) is 13.7 Å². The molecule has 3 rings (SSSR count). The summed E-state index contributed by atoms with van der Waals surface area (Å²) in [5.74, 6) is -0.380. The average Bonchev–Trinajstić information content (AvgIpc) is 2.51. The molecule has 0 spiro atoms. The molecule has 20 heavy (non-hydrogen) atoms. The molecule has 3 aromatic carbocycles. The maximum absolute atomic E-state index is 13.5. The van der Waals surface area contributed by atoms with Crippen LogP contribution in [-0.4, -0.2) is 7.85 Å². The van der Waals surface area contributed by atoms with E-state index >= 15 is 0 Å². The summed E-state index contributed by atoms with van der Waals surface area (Å²) in [4.78, 5) is 0. The molecule has 0 nitrogen and oxygen atoms in total. The fourth-order valence-electron chi connectivity index (χ4n) is 2.19. The molecule has 0 saturated carbocycles. The summed E-state index contributed by atoms with van der Waals surface area (Å²) >= 11 is 0. The first-order valence-corrected chi connectivity index (χ1v) is 6.45. The molecule has 2 heteroatoms. The van der Waals surface area contributed by atoms with E-state index < -0.39 is 0 Å². The predicted molar refractivity (Wildman–Crippen MR) is 82.7 cm³/mol. The first-order chi connectivity index (χ1) is 9.74. The van der Waals surface area contributed by atoms with Crippen molar-refractivity contribution in [1.29, 1.82) is 0 Å². The Bertz CT molecular complexity index is 718. The minimum atomic E-state index is -0.380. The molecule has 0 aliphatic rings. The molecule has 0 N–H and O–H groups in total. The molecule has 0 aliphatic carbocycles. The van der Waals surface area contributed by atoms with Crippen molar-refractivity contribution in [2.75, 3.05) is 0 Å². The van der Waals surface area contributed by atoms with Crippen LogP contribution in [-0.2, 0) is 0 Å². The van der Waals surface area contributed by atoms with Gasteiger partial charge >= 0.3 is 0 Å². The highest BCUT2D eigenvalue weighted by Gasteiger charge is 2.02. The van der Waals surface area contributed by atoms with Crippen LogP contribution in [0.2, 0.25) is 0 Å². The van der Waals surface area contributed by atoms with Gasteiger partial charge in [-0.3, -0.25) is 0 Å². The third-order valence-electron chi connectivity index (χ3n) is 3.33. The molecular weight excluding hydrogens is 246 g/mol. The third kappa shape index (κ3) is 2.50. The van der Waals surface area contributed by atoms with E-state index in [0.717, 1.165) is 16.7 Å². The number of rotatable bonds is 2. The molecule has 0 aromatic heterocycles. The lowest BCUT2D eigenvalue weighted by Gasteiger charge is -2.06. The molecule has 0 heterocycles. The van der Waals surface area contributed by atoms with Crippen LogP contribution >= 0.6 is 0 Å². The van der Waals surface area contributed by atoms with Crippen molar-refractivity contribution in [3.8, 4) is 22.3 Å². The number of hydrogen-bond acceptors (Lipinski definition) is 0. The Morgan fingerprint density at radius 3 is 1.70 bits per heavy atom. The highest BCUT2D eigenvalue weighted by atomic mass is 19.1. The lowest BCUT2D eigenvalue weighted by atomic mass is 9.92. The van der Waals surface area contributed by atoms with Crippen LogP contribution in [0.3, 0.4) is 0 Å². The summed E-state index contributed by atoms with van der Waals surface area (Å²) in [6.07, 6.45) is 0. The van der Waals surface area contributed by atoms with E-state index in [0.29, 0.717) is 0 Å². The topological polar surface area (TPSA) is 0 Å². The van der Waals surface area contributed by atoms with Gasteiger partial charge in [0.15, 0.2) is 0 Å². The highest BCUT2D eigenvalue weighted by Crippen LogP contribution is 2.24.